The van der Waals surface area contributed by atoms with Crippen molar-refractivity contribution in [3.8, 4) is 5.75 Å². The van der Waals surface area contributed by atoms with Gasteiger partial charge in [-0.05, 0) is 63.6 Å². The van der Waals surface area contributed by atoms with Crippen molar-refractivity contribution in [2.24, 2.45) is 0 Å². The van der Waals surface area contributed by atoms with Gasteiger partial charge in [-0.1, -0.05) is 35.9 Å². The maximum Gasteiger partial charge on any atom is 0.243 e. The van der Waals surface area contributed by atoms with Crippen LogP contribution in [-0.4, -0.2) is 37.3 Å². The first kappa shape index (κ1) is 21.8. The Labute approximate surface area is 184 Å². The largest absolute Gasteiger partial charge is 0.490 e. The zero-order valence-electron chi connectivity index (χ0n) is 17.9. The van der Waals surface area contributed by atoms with Crippen LogP contribution in [0.3, 0.4) is 0 Å². The molecule has 1 N–H and O–H groups in total. The van der Waals surface area contributed by atoms with E-state index in [4.69, 9.17) is 4.74 Å². The van der Waals surface area contributed by atoms with Gasteiger partial charge in [-0.3, -0.25) is 4.79 Å². The van der Waals surface area contributed by atoms with Gasteiger partial charge >= 0.3 is 0 Å². The van der Waals surface area contributed by atoms with E-state index in [0.717, 1.165) is 29.7 Å². The average Bonchev–Trinajstić information content (AvgIpc) is 3.46. The Kier molecular flexibility index (Phi) is 6.62. The van der Waals surface area contributed by atoms with E-state index in [1.54, 1.807) is 24.3 Å². The minimum Gasteiger partial charge on any atom is -0.490 e. The molecule has 0 unspecified atom stereocenters. The Bertz CT molecular complexity index is 1010. The van der Waals surface area contributed by atoms with Crippen LogP contribution >= 0.6 is 0 Å². The molecule has 7 heteroatoms. The summed E-state index contributed by atoms with van der Waals surface area (Å²) in [6.45, 7) is 2.59. The Balaban J connectivity index is 1.43. The number of carbonyl (C=O) groups is 1. The molecule has 1 saturated heterocycles. The maximum atomic E-state index is 13.1. The number of benzene rings is 2. The van der Waals surface area contributed by atoms with Crippen LogP contribution in [0.1, 0.15) is 49.7 Å². The van der Waals surface area contributed by atoms with E-state index in [0.29, 0.717) is 25.9 Å². The molecule has 0 radical (unpaired) electrons. The summed E-state index contributed by atoms with van der Waals surface area (Å²) >= 11 is 0. The standard InChI is InChI=1S/C24H30N2O4S/c1-18-12-14-21(15-13-18)31(28,29)26-16-6-10-22(26)24(27)25-17-19-7-2-5-11-23(19)30-20-8-3-4-9-20/h2,5,7,11-15,20,22H,3-4,6,8-10,16-17H2,1H3,(H,25,27)/t22-/m0/s1. The summed E-state index contributed by atoms with van der Waals surface area (Å²) in [5, 5.41) is 2.94. The zero-order valence-corrected chi connectivity index (χ0v) is 18.7. The molecule has 166 valence electrons. The van der Waals surface area contributed by atoms with E-state index in [2.05, 4.69) is 5.32 Å². The number of nitrogens with zero attached hydrogens (tertiary/aromatic N) is 1. The van der Waals surface area contributed by atoms with E-state index >= 15 is 0 Å². The Morgan fingerprint density at radius 1 is 1.03 bits per heavy atom. The number of hydrogen-bond acceptors (Lipinski definition) is 4. The summed E-state index contributed by atoms with van der Waals surface area (Å²) in [7, 11) is -3.71. The lowest BCUT2D eigenvalue weighted by atomic mass is 10.1. The van der Waals surface area contributed by atoms with Crippen LogP contribution in [0.15, 0.2) is 53.4 Å². The predicted octanol–water partition coefficient (Wildman–Crippen LogP) is 3.79. The summed E-state index contributed by atoms with van der Waals surface area (Å²) in [5.74, 6) is 0.536. The third-order valence-corrected chi connectivity index (χ3v) is 8.08. The Hall–Kier alpha value is -2.38. The molecular formula is C24H30N2O4S. The number of aryl methyl sites for hydroxylation is 1. The maximum absolute atomic E-state index is 13.1. The average molecular weight is 443 g/mol. The molecule has 0 aromatic heterocycles. The lowest BCUT2D eigenvalue weighted by Gasteiger charge is -2.24. The van der Waals surface area contributed by atoms with Gasteiger partial charge < -0.3 is 10.1 Å². The number of nitrogens with one attached hydrogen (secondary N) is 1. The SMILES string of the molecule is Cc1ccc(S(=O)(=O)N2CCC[C@H]2C(=O)NCc2ccccc2OC2CCCC2)cc1. The van der Waals surface area contributed by atoms with Crippen LogP contribution in [0.5, 0.6) is 5.75 Å². The molecule has 31 heavy (non-hydrogen) atoms. The number of ether oxygens (including phenoxy) is 1. The van der Waals surface area contributed by atoms with Gasteiger partial charge in [0.1, 0.15) is 11.8 Å². The lowest BCUT2D eigenvalue weighted by molar-refractivity contribution is -0.124. The molecule has 1 saturated carbocycles. The summed E-state index contributed by atoms with van der Waals surface area (Å²) in [6.07, 6.45) is 5.94. The van der Waals surface area contributed by atoms with Crippen LogP contribution in [0, 0.1) is 6.92 Å². The van der Waals surface area contributed by atoms with Gasteiger partial charge in [-0.25, -0.2) is 8.42 Å². The van der Waals surface area contributed by atoms with Gasteiger partial charge in [0.05, 0.1) is 11.0 Å². The van der Waals surface area contributed by atoms with Crippen molar-refractivity contribution in [1.82, 2.24) is 9.62 Å². The first-order valence-corrected chi connectivity index (χ1v) is 12.5. The van der Waals surface area contributed by atoms with Crippen LogP contribution in [0.2, 0.25) is 0 Å². The molecule has 2 aliphatic rings. The molecule has 4 rings (SSSR count). The fourth-order valence-corrected chi connectivity index (χ4v) is 6.04. The van der Waals surface area contributed by atoms with Crippen molar-refractivity contribution in [1.29, 1.82) is 0 Å². The van der Waals surface area contributed by atoms with Crippen LogP contribution < -0.4 is 10.1 Å². The topological polar surface area (TPSA) is 75.7 Å². The highest BCUT2D eigenvalue weighted by molar-refractivity contribution is 7.89. The van der Waals surface area contributed by atoms with Crippen molar-refractivity contribution >= 4 is 15.9 Å². The van der Waals surface area contributed by atoms with E-state index in [-0.39, 0.29) is 16.9 Å². The van der Waals surface area contributed by atoms with Crippen LogP contribution in [-0.2, 0) is 21.4 Å². The molecule has 1 heterocycles. The van der Waals surface area contributed by atoms with Crippen molar-refractivity contribution < 1.29 is 17.9 Å². The van der Waals surface area contributed by atoms with Crippen LogP contribution in [0.4, 0.5) is 0 Å². The van der Waals surface area contributed by atoms with Crippen molar-refractivity contribution in [2.75, 3.05) is 6.54 Å². The molecule has 2 aromatic rings. The molecule has 1 aliphatic heterocycles. The van der Waals surface area contributed by atoms with Gasteiger partial charge in [-0.2, -0.15) is 4.31 Å². The fraction of sp³-hybridized carbons (Fsp3) is 0.458. The molecule has 0 spiro atoms. The van der Waals surface area contributed by atoms with Gasteiger partial charge in [0.15, 0.2) is 0 Å². The third-order valence-electron chi connectivity index (χ3n) is 6.16. The number of para-hydroxylation sites is 1. The second-order valence-electron chi connectivity index (χ2n) is 8.44. The summed E-state index contributed by atoms with van der Waals surface area (Å²) in [6, 6.07) is 13.8. The minimum absolute atomic E-state index is 0.230. The predicted molar refractivity (Wildman–Crippen MR) is 119 cm³/mol. The van der Waals surface area contributed by atoms with E-state index in [1.165, 1.54) is 17.1 Å². The molecular weight excluding hydrogens is 412 g/mol. The van der Waals surface area contributed by atoms with E-state index in [9.17, 15) is 13.2 Å². The molecule has 1 amide bonds. The molecule has 2 fully saturated rings. The highest BCUT2D eigenvalue weighted by atomic mass is 32.2. The number of rotatable bonds is 7. The number of hydrogen-bond donors (Lipinski definition) is 1. The van der Waals surface area contributed by atoms with Crippen molar-refractivity contribution in [3.63, 3.8) is 0 Å². The fourth-order valence-electron chi connectivity index (χ4n) is 4.39. The number of sulfonamides is 1. The second kappa shape index (κ2) is 9.40. The molecule has 0 bridgehead atoms. The summed E-state index contributed by atoms with van der Waals surface area (Å²) in [4.78, 5) is 13.2. The van der Waals surface area contributed by atoms with Gasteiger partial charge in [0, 0.05) is 18.7 Å². The quantitative estimate of drug-likeness (QED) is 0.708. The smallest absolute Gasteiger partial charge is 0.243 e. The number of amides is 1. The van der Waals surface area contributed by atoms with Gasteiger partial charge in [-0.15, -0.1) is 0 Å². The first-order valence-electron chi connectivity index (χ1n) is 11.1. The van der Waals surface area contributed by atoms with E-state index < -0.39 is 16.1 Å². The molecule has 1 aliphatic carbocycles. The third kappa shape index (κ3) is 4.93. The zero-order chi connectivity index (χ0) is 21.8. The molecule has 6 nitrogen and oxygen atoms in total. The van der Waals surface area contributed by atoms with Crippen LogP contribution in [0.25, 0.3) is 0 Å². The molecule has 2 aromatic carbocycles. The van der Waals surface area contributed by atoms with Crippen molar-refractivity contribution in [2.45, 2.75) is 69.0 Å². The normalized spacial score (nSPS) is 20.1. The van der Waals surface area contributed by atoms with E-state index in [1.807, 2.05) is 31.2 Å². The highest BCUT2D eigenvalue weighted by Gasteiger charge is 2.39. The first-order chi connectivity index (χ1) is 14.9. The lowest BCUT2D eigenvalue weighted by Crippen LogP contribution is -2.45. The summed E-state index contributed by atoms with van der Waals surface area (Å²) in [5.41, 5.74) is 1.90. The van der Waals surface area contributed by atoms with Crippen molar-refractivity contribution in [3.05, 3.63) is 59.7 Å². The summed E-state index contributed by atoms with van der Waals surface area (Å²) < 4.78 is 33.7. The highest BCUT2D eigenvalue weighted by Crippen LogP contribution is 2.28. The monoisotopic (exact) mass is 442 g/mol. The minimum atomic E-state index is -3.71. The number of carbonyl (C=O) groups excluding carboxylic acids is 1. The van der Waals surface area contributed by atoms with Gasteiger partial charge in [0.25, 0.3) is 0 Å². The molecule has 1 atom stereocenters. The Morgan fingerprint density at radius 3 is 2.48 bits per heavy atom. The second-order valence-corrected chi connectivity index (χ2v) is 10.3. The van der Waals surface area contributed by atoms with Gasteiger partial charge in [0.2, 0.25) is 15.9 Å². The Morgan fingerprint density at radius 2 is 1.74 bits per heavy atom.